The van der Waals surface area contributed by atoms with Crippen LogP contribution in [0.4, 0.5) is 0 Å². The van der Waals surface area contributed by atoms with Gasteiger partial charge < -0.3 is 4.90 Å². The summed E-state index contributed by atoms with van der Waals surface area (Å²) in [5.41, 5.74) is 2.18. The van der Waals surface area contributed by atoms with E-state index >= 15 is 0 Å². The number of hydrogen-bond acceptors (Lipinski definition) is 4. The molecule has 0 aliphatic carbocycles. The summed E-state index contributed by atoms with van der Waals surface area (Å²) < 4.78 is 0. The van der Waals surface area contributed by atoms with E-state index in [0.29, 0.717) is 26.9 Å². The third-order valence-corrected chi connectivity index (χ3v) is 5.40. The van der Waals surface area contributed by atoms with Crippen molar-refractivity contribution in [3.05, 3.63) is 69.6 Å². The Hall–Kier alpha value is -2.37. The molecule has 2 aliphatic heterocycles. The Morgan fingerprint density at radius 2 is 1.67 bits per heavy atom. The van der Waals surface area contributed by atoms with E-state index in [2.05, 4.69) is 4.98 Å². The summed E-state index contributed by atoms with van der Waals surface area (Å²) in [6, 6.07) is 8.57. The largest absolute Gasteiger partial charge is 0.366 e. The summed E-state index contributed by atoms with van der Waals surface area (Å²) in [7, 11) is 0. The molecule has 0 radical (unpaired) electrons. The highest BCUT2D eigenvalue weighted by Crippen LogP contribution is 2.37. The molecule has 5 nitrogen and oxygen atoms in total. The van der Waals surface area contributed by atoms with Gasteiger partial charge in [-0.3, -0.25) is 19.5 Å². The van der Waals surface area contributed by atoms with E-state index in [1.54, 1.807) is 42.7 Å². The topological polar surface area (TPSA) is 53.5 Å². The molecule has 138 valence electrons. The lowest BCUT2D eigenvalue weighted by molar-refractivity contribution is -0.138. The zero-order chi connectivity index (χ0) is 19.0. The molecule has 4 rings (SSSR count). The Morgan fingerprint density at radius 3 is 2.33 bits per heavy atom. The SMILES string of the molecule is O=C1C(c2ccc(Cl)cc2Cl)=C(N2CCCC2)C(=O)N1Cc1ccncc1. The summed E-state index contributed by atoms with van der Waals surface area (Å²) in [5.74, 6) is -0.609. The number of nitrogens with zero attached hydrogens (tertiary/aromatic N) is 3. The number of likely N-dealkylation sites (tertiary alicyclic amines) is 1. The second kappa shape index (κ2) is 7.33. The molecule has 1 aromatic carbocycles. The molecular formula is C20H17Cl2N3O2. The van der Waals surface area contributed by atoms with Crippen LogP contribution in [0, 0.1) is 0 Å². The summed E-state index contributed by atoms with van der Waals surface area (Å²) in [4.78, 5) is 33.7. The lowest BCUT2D eigenvalue weighted by Gasteiger charge is -2.20. The third-order valence-electron chi connectivity index (χ3n) is 4.86. The molecule has 0 atom stereocenters. The quantitative estimate of drug-likeness (QED) is 0.731. The first kappa shape index (κ1) is 18.0. The average molecular weight is 402 g/mol. The van der Waals surface area contributed by atoms with Gasteiger partial charge in [-0.15, -0.1) is 0 Å². The van der Waals surface area contributed by atoms with Gasteiger partial charge in [-0.25, -0.2) is 0 Å². The van der Waals surface area contributed by atoms with Crippen molar-refractivity contribution in [3.63, 3.8) is 0 Å². The summed E-state index contributed by atoms with van der Waals surface area (Å²) in [5, 5.41) is 0.846. The number of pyridine rings is 1. The molecule has 0 unspecified atom stereocenters. The first-order valence-corrected chi connectivity index (χ1v) is 9.51. The summed E-state index contributed by atoms with van der Waals surface area (Å²) >= 11 is 12.4. The maximum absolute atomic E-state index is 13.2. The minimum absolute atomic E-state index is 0.201. The highest BCUT2D eigenvalue weighted by atomic mass is 35.5. The maximum Gasteiger partial charge on any atom is 0.278 e. The molecule has 0 saturated carbocycles. The lowest BCUT2D eigenvalue weighted by atomic mass is 10.0. The molecule has 27 heavy (non-hydrogen) atoms. The van der Waals surface area contributed by atoms with Crippen molar-refractivity contribution in [1.29, 1.82) is 0 Å². The van der Waals surface area contributed by atoms with Gasteiger partial charge in [-0.2, -0.15) is 0 Å². The molecule has 0 N–H and O–H groups in total. The van der Waals surface area contributed by atoms with Gasteiger partial charge in [0.1, 0.15) is 5.70 Å². The zero-order valence-electron chi connectivity index (χ0n) is 14.5. The Bertz CT molecular complexity index is 937. The molecule has 2 aromatic rings. The number of carbonyl (C=O) groups is 2. The minimum atomic E-state index is -0.331. The number of aromatic nitrogens is 1. The standard InChI is InChI=1S/C20H17Cl2N3O2/c21-14-3-4-15(16(22)11-14)17-18(24-9-1-2-10-24)20(27)25(19(17)26)12-13-5-7-23-8-6-13/h3-8,11H,1-2,9-10,12H2. The summed E-state index contributed by atoms with van der Waals surface area (Å²) in [6.07, 6.45) is 5.28. The van der Waals surface area contributed by atoms with Crippen molar-refractivity contribution in [1.82, 2.24) is 14.8 Å². The normalized spacial score (nSPS) is 17.4. The number of benzene rings is 1. The van der Waals surface area contributed by atoms with Crippen molar-refractivity contribution >= 4 is 40.6 Å². The van der Waals surface area contributed by atoms with Crippen LogP contribution in [-0.4, -0.2) is 39.7 Å². The van der Waals surface area contributed by atoms with Gasteiger partial charge in [0.15, 0.2) is 0 Å². The molecule has 2 aliphatic rings. The van der Waals surface area contributed by atoms with Crippen molar-refractivity contribution in [2.45, 2.75) is 19.4 Å². The van der Waals surface area contributed by atoms with Gasteiger partial charge in [0.25, 0.3) is 11.8 Å². The van der Waals surface area contributed by atoms with Crippen LogP contribution < -0.4 is 0 Å². The Labute approximate surface area is 167 Å². The van der Waals surface area contributed by atoms with Crippen LogP contribution in [0.1, 0.15) is 24.0 Å². The van der Waals surface area contributed by atoms with Crippen LogP contribution in [0.2, 0.25) is 10.0 Å². The first-order valence-electron chi connectivity index (χ1n) is 8.76. The van der Waals surface area contributed by atoms with Gasteiger partial charge in [-0.05, 0) is 42.7 Å². The van der Waals surface area contributed by atoms with Crippen molar-refractivity contribution < 1.29 is 9.59 Å². The zero-order valence-corrected chi connectivity index (χ0v) is 16.0. The highest BCUT2D eigenvalue weighted by Gasteiger charge is 2.42. The van der Waals surface area contributed by atoms with Crippen molar-refractivity contribution in [2.75, 3.05) is 13.1 Å². The van der Waals surface area contributed by atoms with Crippen molar-refractivity contribution in [3.8, 4) is 0 Å². The van der Waals surface area contributed by atoms with Gasteiger partial charge in [0.05, 0.1) is 17.1 Å². The molecule has 3 heterocycles. The molecule has 7 heteroatoms. The fourth-order valence-electron chi connectivity index (χ4n) is 3.55. The van der Waals surface area contributed by atoms with E-state index in [1.165, 1.54) is 4.90 Å². The fraction of sp³-hybridized carbons (Fsp3) is 0.250. The molecule has 2 amide bonds. The first-order chi connectivity index (χ1) is 13.1. The van der Waals surface area contributed by atoms with E-state index in [4.69, 9.17) is 23.2 Å². The van der Waals surface area contributed by atoms with Gasteiger partial charge in [-0.1, -0.05) is 29.3 Å². The molecule has 1 saturated heterocycles. The number of amides is 2. The number of carbonyl (C=O) groups excluding carboxylic acids is 2. The van der Waals surface area contributed by atoms with Gasteiger partial charge >= 0.3 is 0 Å². The van der Waals surface area contributed by atoms with Crippen LogP contribution >= 0.6 is 23.2 Å². The summed E-state index contributed by atoms with van der Waals surface area (Å²) in [6.45, 7) is 1.71. The molecule has 0 bridgehead atoms. The fourth-order valence-corrected chi connectivity index (χ4v) is 4.05. The van der Waals surface area contributed by atoms with Crippen LogP contribution in [0.25, 0.3) is 5.57 Å². The Balaban J connectivity index is 1.78. The second-order valence-corrected chi connectivity index (χ2v) is 7.44. The lowest BCUT2D eigenvalue weighted by Crippen LogP contribution is -2.34. The van der Waals surface area contributed by atoms with Crippen LogP contribution in [-0.2, 0) is 16.1 Å². The molecule has 0 spiro atoms. The molecule has 1 fully saturated rings. The van der Waals surface area contributed by atoms with E-state index in [0.717, 1.165) is 31.5 Å². The molecular weight excluding hydrogens is 385 g/mol. The monoisotopic (exact) mass is 401 g/mol. The van der Waals surface area contributed by atoms with E-state index in [1.807, 2.05) is 4.90 Å². The number of imide groups is 1. The third kappa shape index (κ3) is 3.33. The number of hydrogen-bond donors (Lipinski definition) is 0. The highest BCUT2D eigenvalue weighted by molar-refractivity contribution is 6.41. The van der Waals surface area contributed by atoms with Crippen LogP contribution in [0.3, 0.4) is 0 Å². The number of rotatable bonds is 4. The average Bonchev–Trinajstić information content (AvgIpc) is 3.25. The van der Waals surface area contributed by atoms with E-state index in [-0.39, 0.29) is 18.4 Å². The molecule has 1 aromatic heterocycles. The van der Waals surface area contributed by atoms with Crippen LogP contribution in [0.5, 0.6) is 0 Å². The second-order valence-electron chi connectivity index (χ2n) is 6.59. The van der Waals surface area contributed by atoms with Gasteiger partial charge in [0, 0.05) is 36.1 Å². The predicted molar refractivity (Wildman–Crippen MR) is 104 cm³/mol. The smallest absolute Gasteiger partial charge is 0.278 e. The Morgan fingerprint density at radius 1 is 0.963 bits per heavy atom. The minimum Gasteiger partial charge on any atom is -0.366 e. The van der Waals surface area contributed by atoms with E-state index < -0.39 is 0 Å². The van der Waals surface area contributed by atoms with Gasteiger partial charge in [0.2, 0.25) is 0 Å². The van der Waals surface area contributed by atoms with Crippen molar-refractivity contribution in [2.24, 2.45) is 0 Å². The predicted octanol–water partition coefficient (Wildman–Crippen LogP) is 3.76. The Kier molecular flexibility index (Phi) is 4.89. The van der Waals surface area contributed by atoms with E-state index in [9.17, 15) is 9.59 Å². The number of halogens is 2. The van der Waals surface area contributed by atoms with Crippen LogP contribution in [0.15, 0.2) is 48.4 Å². The maximum atomic E-state index is 13.2.